The van der Waals surface area contributed by atoms with Gasteiger partial charge in [-0.15, -0.1) is 0 Å². The predicted octanol–water partition coefficient (Wildman–Crippen LogP) is 3.98. The van der Waals surface area contributed by atoms with Crippen molar-refractivity contribution in [3.05, 3.63) is 11.5 Å². The molecule has 0 aliphatic carbocycles. The lowest BCUT2D eigenvalue weighted by Gasteiger charge is -2.04. The topological polar surface area (TPSA) is 55.1 Å². The summed E-state index contributed by atoms with van der Waals surface area (Å²) in [7, 11) is 0. The zero-order valence-corrected chi connectivity index (χ0v) is 11.7. The fourth-order valence-corrected chi connectivity index (χ4v) is 1.93. The van der Waals surface area contributed by atoms with Crippen molar-refractivity contribution in [2.45, 2.75) is 65.7 Å². The lowest BCUT2D eigenvalue weighted by atomic mass is 10.1. The number of hydrogen-bond acceptors (Lipinski definition) is 3. The molecule has 1 rings (SSSR count). The minimum absolute atomic E-state index is 0.0555. The Morgan fingerprint density at radius 3 is 2.44 bits per heavy atom. The normalized spacial score (nSPS) is 10.6. The van der Waals surface area contributed by atoms with E-state index < -0.39 is 0 Å². The van der Waals surface area contributed by atoms with Crippen molar-refractivity contribution >= 4 is 11.6 Å². The summed E-state index contributed by atoms with van der Waals surface area (Å²) in [5, 5.41) is 6.68. The van der Waals surface area contributed by atoms with Crippen molar-refractivity contribution in [1.29, 1.82) is 0 Å². The second-order valence-corrected chi connectivity index (χ2v) is 4.77. The minimum atomic E-state index is 0.0555. The SMILES string of the molecule is CCCCCCCCC(=O)Nc1c(C)noc1C. The molecule has 1 N–H and O–H groups in total. The summed E-state index contributed by atoms with van der Waals surface area (Å²) < 4.78 is 5.00. The van der Waals surface area contributed by atoms with Gasteiger partial charge in [0.25, 0.3) is 0 Å². The number of hydrogen-bond donors (Lipinski definition) is 1. The lowest BCUT2D eigenvalue weighted by Crippen LogP contribution is -2.12. The van der Waals surface area contributed by atoms with Crippen LogP contribution in [0.3, 0.4) is 0 Å². The molecule has 0 radical (unpaired) electrons. The second-order valence-electron chi connectivity index (χ2n) is 4.77. The number of aryl methyl sites for hydroxylation is 2. The fraction of sp³-hybridized carbons (Fsp3) is 0.714. The molecule has 0 bridgehead atoms. The van der Waals surface area contributed by atoms with Gasteiger partial charge in [-0.1, -0.05) is 44.2 Å². The molecule has 0 atom stereocenters. The van der Waals surface area contributed by atoms with Gasteiger partial charge in [-0.2, -0.15) is 0 Å². The Morgan fingerprint density at radius 1 is 1.17 bits per heavy atom. The van der Waals surface area contributed by atoms with E-state index in [2.05, 4.69) is 17.4 Å². The quantitative estimate of drug-likeness (QED) is 0.712. The van der Waals surface area contributed by atoms with E-state index in [1.165, 1.54) is 25.7 Å². The highest BCUT2D eigenvalue weighted by molar-refractivity contribution is 5.91. The molecule has 1 heterocycles. The zero-order chi connectivity index (χ0) is 13.4. The van der Waals surface area contributed by atoms with Gasteiger partial charge in [0.2, 0.25) is 5.91 Å². The Morgan fingerprint density at radius 2 is 1.83 bits per heavy atom. The fourth-order valence-electron chi connectivity index (χ4n) is 1.93. The number of carbonyl (C=O) groups excluding carboxylic acids is 1. The van der Waals surface area contributed by atoms with Gasteiger partial charge in [0.15, 0.2) is 5.76 Å². The van der Waals surface area contributed by atoms with Crippen LogP contribution >= 0.6 is 0 Å². The van der Waals surface area contributed by atoms with Gasteiger partial charge in [0.05, 0.1) is 0 Å². The molecule has 0 spiro atoms. The summed E-state index contributed by atoms with van der Waals surface area (Å²) in [6, 6.07) is 0. The largest absolute Gasteiger partial charge is 0.359 e. The van der Waals surface area contributed by atoms with Crippen LogP contribution in [0.1, 0.15) is 63.3 Å². The van der Waals surface area contributed by atoms with Crippen LogP contribution in [0.5, 0.6) is 0 Å². The second kappa shape index (κ2) is 7.90. The van der Waals surface area contributed by atoms with Crippen LogP contribution in [0.4, 0.5) is 5.69 Å². The Labute approximate surface area is 109 Å². The maximum absolute atomic E-state index is 11.7. The summed E-state index contributed by atoms with van der Waals surface area (Å²) in [6.45, 7) is 5.84. The van der Waals surface area contributed by atoms with Crippen molar-refractivity contribution in [1.82, 2.24) is 5.16 Å². The first kappa shape index (κ1) is 14.7. The van der Waals surface area contributed by atoms with Gasteiger partial charge in [-0.25, -0.2) is 0 Å². The van der Waals surface area contributed by atoms with E-state index in [4.69, 9.17) is 4.52 Å². The average molecular weight is 252 g/mol. The predicted molar refractivity (Wildman–Crippen MR) is 72.6 cm³/mol. The standard InChI is InChI=1S/C14H24N2O2/c1-4-5-6-7-8-9-10-13(17)15-14-11(2)16-18-12(14)3/h4-10H2,1-3H3,(H,15,17). The molecule has 0 saturated carbocycles. The third-order valence-corrected chi connectivity index (χ3v) is 3.06. The van der Waals surface area contributed by atoms with E-state index in [1.54, 1.807) is 6.92 Å². The molecule has 1 aromatic rings. The maximum atomic E-state index is 11.7. The summed E-state index contributed by atoms with van der Waals surface area (Å²) in [6.07, 6.45) is 7.73. The maximum Gasteiger partial charge on any atom is 0.224 e. The third kappa shape index (κ3) is 4.90. The molecule has 4 nitrogen and oxygen atoms in total. The lowest BCUT2D eigenvalue weighted by molar-refractivity contribution is -0.116. The van der Waals surface area contributed by atoms with Gasteiger partial charge >= 0.3 is 0 Å². The van der Waals surface area contributed by atoms with Gasteiger partial charge in [-0.05, 0) is 20.3 Å². The van der Waals surface area contributed by atoms with Crippen LogP contribution in [0.2, 0.25) is 0 Å². The summed E-state index contributed by atoms with van der Waals surface area (Å²) >= 11 is 0. The van der Waals surface area contributed by atoms with Gasteiger partial charge in [0.1, 0.15) is 11.4 Å². The van der Waals surface area contributed by atoms with Gasteiger partial charge in [0, 0.05) is 6.42 Å². The van der Waals surface area contributed by atoms with E-state index in [0.717, 1.165) is 24.2 Å². The number of unbranched alkanes of at least 4 members (excludes halogenated alkanes) is 5. The smallest absolute Gasteiger partial charge is 0.224 e. The van der Waals surface area contributed by atoms with E-state index in [9.17, 15) is 4.79 Å². The zero-order valence-electron chi connectivity index (χ0n) is 11.7. The van der Waals surface area contributed by atoms with Crippen molar-refractivity contribution in [3.8, 4) is 0 Å². The van der Waals surface area contributed by atoms with Crippen LogP contribution in [0.25, 0.3) is 0 Å². The van der Waals surface area contributed by atoms with E-state index in [-0.39, 0.29) is 5.91 Å². The third-order valence-electron chi connectivity index (χ3n) is 3.06. The van der Waals surface area contributed by atoms with Crippen LogP contribution in [0.15, 0.2) is 4.52 Å². The number of amides is 1. The Bertz CT molecular complexity index is 352. The molecule has 0 unspecified atom stereocenters. The summed E-state index contributed by atoms with van der Waals surface area (Å²) in [5.74, 6) is 0.726. The molecule has 0 aromatic carbocycles. The first-order valence-corrected chi connectivity index (χ1v) is 6.88. The molecule has 4 heteroatoms. The first-order valence-electron chi connectivity index (χ1n) is 6.88. The molecule has 0 aliphatic rings. The van der Waals surface area contributed by atoms with Gasteiger partial charge in [-0.3, -0.25) is 4.79 Å². The highest BCUT2D eigenvalue weighted by Crippen LogP contribution is 2.19. The Balaban J connectivity index is 2.18. The molecular weight excluding hydrogens is 228 g/mol. The average Bonchev–Trinajstić information content (AvgIpc) is 2.65. The Hall–Kier alpha value is -1.32. The molecule has 1 aromatic heterocycles. The van der Waals surface area contributed by atoms with Crippen molar-refractivity contribution in [3.63, 3.8) is 0 Å². The summed E-state index contributed by atoms with van der Waals surface area (Å²) in [4.78, 5) is 11.7. The van der Waals surface area contributed by atoms with E-state index in [0.29, 0.717) is 12.2 Å². The molecule has 1 amide bonds. The van der Waals surface area contributed by atoms with Crippen LogP contribution in [-0.2, 0) is 4.79 Å². The molecule has 0 saturated heterocycles. The molecule has 0 fully saturated rings. The van der Waals surface area contributed by atoms with Crippen molar-refractivity contribution < 1.29 is 9.32 Å². The van der Waals surface area contributed by atoms with Crippen LogP contribution in [0, 0.1) is 13.8 Å². The van der Waals surface area contributed by atoms with E-state index >= 15 is 0 Å². The highest BCUT2D eigenvalue weighted by Gasteiger charge is 2.11. The molecule has 18 heavy (non-hydrogen) atoms. The molecule has 0 aliphatic heterocycles. The molecule has 102 valence electrons. The minimum Gasteiger partial charge on any atom is -0.359 e. The number of aromatic nitrogens is 1. The first-order chi connectivity index (χ1) is 8.65. The van der Waals surface area contributed by atoms with E-state index in [1.807, 2.05) is 6.92 Å². The van der Waals surface area contributed by atoms with Gasteiger partial charge < -0.3 is 9.84 Å². The number of rotatable bonds is 8. The van der Waals surface area contributed by atoms with Crippen LogP contribution < -0.4 is 5.32 Å². The van der Waals surface area contributed by atoms with Crippen molar-refractivity contribution in [2.24, 2.45) is 0 Å². The highest BCUT2D eigenvalue weighted by atomic mass is 16.5. The molecular formula is C14H24N2O2. The monoisotopic (exact) mass is 252 g/mol. The number of carbonyl (C=O) groups is 1. The number of anilines is 1. The van der Waals surface area contributed by atoms with Crippen molar-refractivity contribution in [2.75, 3.05) is 5.32 Å². The van der Waals surface area contributed by atoms with Crippen LogP contribution in [-0.4, -0.2) is 11.1 Å². The Kier molecular flexibility index (Phi) is 6.47. The number of nitrogens with one attached hydrogen (secondary N) is 1. The summed E-state index contributed by atoms with van der Waals surface area (Å²) in [5.41, 5.74) is 1.47. The number of nitrogens with zero attached hydrogens (tertiary/aromatic N) is 1.